The highest BCUT2D eigenvalue weighted by Crippen LogP contribution is 2.29. The zero-order valence-electron chi connectivity index (χ0n) is 9.27. The zero-order chi connectivity index (χ0) is 11.5. The standard InChI is InChI=1S/C11H16N2O2S/c1-2-8-6-16-11(12-8)13-9-4-3-7(5-9)10(14)15/h6-7,9H,2-5H2,1H3,(H,12,13)(H,14,15)/t7-,9+/m1/s1. The van der Waals surface area contributed by atoms with E-state index < -0.39 is 5.97 Å². The number of thiazole rings is 1. The normalized spacial score (nSPS) is 24.6. The number of aromatic nitrogens is 1. The molecular weight excluding hydrogens is 224 g/mol. The second kappa shape index (κ2) is 4.82. The first-order valence-corrected chi connectivity index (χ1v) is 6.50. The van der Waals surface area contributed by atoms with Crippen molar-refractivity contribution < 1.29 is 9.90 Å². The van der Waals surface area contributed by atoms with E-state index >= 15 is 0 Å². The van der Waals surface area contributed by atoms with E-state index in [-0.39, 0.29) is 12.0 Å². The first kappa shape index (κ1) is 11.4. The number of carboxylic acid groups (broad SMARTS) is 1. The fourth-order valence-electron chi connectivity index (χ4n) is 2.05. The molecule has 5 heteroatoms. The summed E-state index contributed by atoms with van der Waals surface area (Å²) in [4.78, 5) is 15.2. The van der Waals surface area contributed by atoms with E-state index in [4.69, 9.17) is 5.11 Å². The minimum Gasteiger partial charge on any atom is -0.481 e. The highest BCUT2D eigenvalue weighted by Gasteiger charge is 2.29. The molecule has 2 rings (SSSR count). The number of aryl methyl sites for hydroxylation is 1. The van der Waals surface area contributed by atoms with E-state index in [1.54, 1.807) is 11.3 Å². The Bertz CT molecular complexity index is 378. The molecule has 1 heterocycles. The maximum Gasteiger partial charge on any atom is 0.306 e. The van der Waals surface area contributed by atoms with Crippen LogP contribution in [0.1, 0.15) is 31.9 Å². The third-order valence-corrected chi connectivity index (χ3v) is 3.85. The predicted molar refractivity (Wildman–Crippen MR) is 63.9 cm³/mol. The van der Waals surface area contributed by atoms with Crippen molar-refractivity contribution in [2.24, 2.45) is 5.92 Å². The number of hydrogen-bond donors (Lipinski definition) is 2. The highest BCUT2D eigenvalue weighted by atomic mass is 32.1. The number of rotatable bonds is 4. The van der Waals surface area contributed by atoms with Gasteiger partial charge in [-0.15, -0.1) is 11.3 Å². The minimum atomic E-state index is -0.669. The summed E-state index contributed by atoms with van der Waals surface area (Å²) >= 11 is 1.60. The molecular formula is C11H16N2O2S. The Hall–Kier alpha value is -1.10. The molecule has 16 heavy (non-hydrogen) atoms. The Labute approximate surface area is 98.7 Å². The molecule has 1 aromatic heterocycles. The van der Waals surface area contributed by atoms with Gasteiger partial charge in [0.25, 0.3) is 0 Å². The van der Waals surface area contributed by atoms with Gasteiger partial charge in [0.1, 0.15) is 0 Å². The number of carboxylic acids is 1. The van der Waals surface area contributed by atoms with Crippen LogP contribution in [0, 0.1) is 5.92 Å². The first-order valence-electron chi connectivity index (χ1n) is 5.62. The van der Waals surface area contributed by atoms with Gasteiger partial charge in [-0.05, 0) is 25.7 Å². The molecule has 0 amide bonds. The molecule has 1 saturated carbocycles. The van der Waals surface area contributed by atoms with Crippen LogP contribution < -0.4 is 5.32 Å². The molecule has 88 valence electrons. The minimum absolute atomic E-state index is 0.178. The topological polar surface area (TPSA) is 62.2 Å². The lowest BCUT2D eigenvalue weighted by Crippen LogP contribution is -2.17. The Morgan fingerprint density at radius 3 is 3.06 bits per heavy atom. The number of nitrogens with one attached hydrogen (secondary N) is 1. The van der Waals surface area contributed by atoms with Crippen LogP contribution in [0.3, 0.4) is 0 Å². The monoisotopic (exact) mass is 240 g/mol. The Morgan fingerprint density at radius 1 is 1.69 bits per heavy atom. The predicted octanol–water partition coefficient (Wildman–Crippen LogP) is 2.37. The lowest BCUT2D eigenvalue weighted by atomic mass is 10.1. The quantitative estimate of drug-likeness (QED) is 0.848. The van der Waals surface area contributed by atoms with Gasteiger partial charge < -0.3 is 10.4 Å². The Balaban J connectivity index is 1.89. The summed E-state index contributed by atoms with van der Waals surface area (Å²) in [6.07, 6.45) is 3.37. The molecule has 0 aliphatic heterocycles. The van der Waals surface area contributed by atoms with Crippen molar-refractivity contribution >= 4 is 22.4 Å². The van der Waals surface area contributed by atoms with Crippen molar-refractivity contribution in [1.82, 2.24) is 4.98 Å². The molecule has 2 atom stereocenters. The fourth-order valence-corrected chi connectivity index (χ4v) is 2.92. The third kappa shape index (κ3) is 2.52. The first-order chi connectivity index (χ1) is 7.69. The number of nitrogens with zero attached hydrogens (tertiary/aromatic N) is 1. The summed E-state index contributed by atoms with van der Waals surface area (Å²) in [5.41, 5.74) is 1.10. The number of aliphatic carboxylic acids is 1. The van der Waals surface area contributed by atoms with E-state index in [2.05, 4.69) is 17.2 Å². The summed E-state index contributed by atoms with van der Waals surface area (Å²) in [6, 6.07) is 0.275. The van der Waals surface area contributed by atoms with Crippen LogP contribution in [0.25, 0.3) is 0 Å². The second-order valence-corrected chi connectivity index (χ2v) is 5.05. The van der Waals surface area contributed by atoms with Gasteiger partial charge in [-0.2, -0.15) is 0 Å². The van der Waals surface area contributed by atoms with Crippen LogP contribution in [-0.4, -0.2) is 22.1 Å². The molecule has 0 bridgehead atoms. The smallest absolute Gasteiger partial charge is 0.306 e. The average molecular weight is 240 g/mol. The van der Waals surface area contributed by atoms with Gasteiger partial charge in [-0.1, -0.05) is 6.92 Å². The molecule has 4 nitrogen and oxygen atoms in total. The van der Waals surface area contributed by atoms with Gasteiger partial charge in [0.05, 0.1) is 11.6 Å². The summed E-state index contributed by atoms with van der Waals surface area (Å²) < 4.78 is 0. The number of hydrogen-bond acceptors (Lipinski definition) is 4. The van der Waals surface area contributed by atoms with Crippen molar-refractivity contribution in [2.45, 2.75) is 38.6 Å². The maximum atomic E-state index is 10.8. The van der Waals surface area contributed by atoms with E-state index in [1.807, 2.05) is 5.38 Å². The lowest BCUT2D eigenvalue weighted by molar-refractivity contribution is -0.141. The van der Waals surface area contributed by atoms with E-state index in [9.17, 15) is 4.79 Å². The number of anilines is 1. The van der Waals surface area contributed by atoms with Crippen molar-refractivity contribution in [3.05, 3.63) is 11.1 Å². The van der Waals surface area contributed by atoms with Crippen molar-refractivity contribution in [1.29, 1.82) is 0 Å². The fraction of sp³-hybridized carbons (Fsp3) is 0.636. The van der Waals surface area contributed by atoms with E-state index in [1.165, 1.54) is 0 Å². The maximum absolute atomic E-state index is 10.8. The van der Waals surface area contributed by atoms with Crippen LogP contribution in [0.4, 0.5) is 5.13 Å². The van der Waals surface area contributed by atoms with Crippen LogP contribution in [0.15, 0.2) is 5.38 Å². The highest BCUT2D eigenvalue weighted by molar-refractivity contribution is 7.13. The molecule has 1 fully saturated rings. The van der Waals surface area contributed by atoms with Gasteiger partial charge in [-0.25, -0.2) is 4.98 Å². The zero-order valence-corrected chi connectivity index (χ0v) is 10.1. The molecule has 0 radical (unpaired) electrons. The lowest BCUT2D eigenvalue weighted by Gasteiger charge is -2.10. The Kier molecular flexibility index (Phi) is 3.43. The summed E-state index contributed by atoms with van der Waals surface area (Å²) in [7, 11) is 0. The van der Waals surface area contributed by atoms with Crippen LogP contribution >= 0.6 is 11.3 Å². The van der Waals surface area contributed by atoms with Crippen molar-refractivity contribution in [3.8, 4) is 0 Å². The van der Waals surface area contributed by atoms with Crippen LogP contribution in [0.2, 0.25) is 0 Å². The molecule has 1 aromatic rings. The molecule has 0 aromatic carbocycles. The van der Waals surface area contributed by atoms with Gasteiger partial charge >= 0.3 is 5.97 Å². The SMILES string of the molecule is CCc1csc(N[C@H]2CC[C@@H](C(=O)O)C2)n1. The van der Waals surface area contributed by atoms with Crippen LogP contribution in [-0.2, 0) is 11.2 Å². The van der Waals surface area contributed by atoms with Gasteiger partial charge in [0.2, 0.25) is 0 Å². The molecule has 1 aliphatic carbocycles. The largest absolute Gasteiger partial charge is 0.481 e. The van der Waals surface area contributed by atoms with Crippen molar-refractivity contribution in [2.75, 3.05) is 5.32 Å². The Morgan fingerprint density at radius 2 is 2.50 bits per heavy atom. The molecule has 0 saturated heterocycles. The number of carbonyl (C=O) groups is 1. The van der Waals surface area contributed by atoms with Crippen LogP contribution in [0.5, 0.6) is 0 Å². The summed E-state index contributed by atoms with van der Waals surface area (Å²) in [5.74, 6) is -0.846. The third-order valence-electron chi connectivity index (χ3n) is 3.02. The molecule has 0 unspecified atom stereocenters. The van der Waals surface area contributed by atoms with E-state index in [0.717, 1.165) is 36.5 Å². The van der Waals surface area contributed by atoms with Gasteiger partial charge in [0, 0.05) is 11.4 Å². The van der Waals surface area contributed by atoms with Crippen molar-refractivity contribution in [3.63, 3.8) is 0 Å². The average Bonchev–Trinajstić information content (AvgIpc) is 2.87. The summed E-state index contributed by atoms with van der Waals surface area (Å²) in [6.45, 7) is 2.08. The molecule has 1 aliphatic rings. The van der Waals surface area contributed by atoms with E-state index in [0.29, 0.717) is 0 Å². The molecule has 0 spiro atoms. The summed E-state index contributed by atoms with van der Waals surface area (Å²) in [5, 5.41) is 15.2. The molecule has 2 N–H and O–H groups in total. The van der Waals surface area contributed by atoms with Gasteiger partial charge in [0.15, 0.2) is 5.13 Å². The van der Waals surface area contributed by atoms with Gasteiger partial charge in [-0.3, -0.25) is 4.79 Å². The second-order valence-electron chi connectivity index (χ2n) is 4.19.